The van der Waals surface area contributed by atoms with Gasteiger partial charge in [-0.25, -0.2) is 17.8 Å². The summed E-state index contributed by atoms with van der Waals surface area (Å²) in [5.74, 6) is -2.62. The first-order chi connectivity index (χ1) is 16.3. The van der Waals surface area contributed by atoms with E-state index in [1.807, 2.05) is 4.72 Å². The first-order valence-electron chi connectivity index (χ1n) is 9.84. The van der Waals surface area contributed by atoms with Crippen molar-refractivity contribution < 1.29 is 35.9 Å². The Balaban J connectivity index is 1.85. The molecule has 0 aliphatic carbocycles. The number of aryl methyl sites for hydroxylation is 1. The van der Waals surface area contributed by atoms with Gasteiger partial charge in [0.05, 0.1) is 5.69 Å². The van der Waals surface area contributed by atoms with Crippen LogP contribution in [0.3, 0.4) is 0 Å². The maximum atomic E-state index is 14.5. The van der Waals surface area contributed by atoms with Gasteiger partial charge >= 0.3 is 6.18 Å². The van der Waals surface area contributed by atoms with Crippen LogP contribution in [0.25, 0.3) is 22.5 Å². The van der Waals surface area contributed by atoms with E-state index in [0.717, 1.165) is 4.73 Å². The van der Waals surface area contributed by atoms with Crippen LogP contribution in [0.5, 0.6) is 11.5 Å². The molecule has 0 saturated carbocycles. The summed E-state index contributed by atoms with van der Waals surface area (Å²) in [4.78, 5) is 4.10. The largest absolute Gasteiger partial charge is 0.454 e. The van der Waals surface area contributed by atoms with E-state index >= 15 is 0 Å². The van der Waals surface area contributed by atoms with Gasteiger partial charge in [-0.15, -0.1) is 0 Å². The smallest absolute Gasteiger partial charge is 0.404 e. The fourth-order valence-electron chi connectivity index (χ4n) is 3.44. The number of rotatable bonds is 6. The highest BCUT2D eigenvalue weighted by atomic mass is 79.9. The summed E-state index contributed by atoms with van der Waals surface area (Å²) < 4.78 is 85.5. The summed E-state index contributed by atoms with van der Waals surface area (Å²) in [6.45, 7) is 1.59. The average molecular weight is 574 g/mol. The molecule has 2 aliphatic rings. The normalized spacial score (nSPS) is 12.2. The van der Waals surface area contributed by atoms with Gasteiger partial charge in [-0.1, -0.05) is 15.9 Å². The van der Waals surface area contributed by atoms with Crippen molar-refractivity contribution in [3.8, 4) is 34.0 Å². The van der Waals surface area contributed by atoms with Crippen molar-refractivity contribution >= 4 is 31.6 Å². The standard InChI is InChI=1S/C22H16BrF4N3O4S/c1-12-8-16(15-6-7-28-21(15)30(12)31)17-10-14(29-35(32,33)11-22(25,26)27)3-5-19(17)34-20-4-2-13(23)9-18(20)24/h2-10,29,31H,11H2,1H3. The molecule has 2 heterocycles. The van der Waals surface area contributed by atoms with Crippen molar-refractivity contribution in [3.63, 3.8) is 0 Å². The molecule has 0 radical (unpaired) electrons. The van der Waals surface area contributed by atoms with Crippen LogP contribution in [0.2, 0.25) is 0 Å². The number of fused-ring (bicyclic) bond motifs is 1. The third-order valence-corrected chi connectivity index (χ3v) is 6.61. The van der Waals surface area contributed by atoms with Gasteiger partial charge in [-0.05, 0) is 61.0 Å². The predicted octanol–water partition coefficient (Wildman–Crippen LogP) is 6.20. The minimum absolute atomic E-state index is 0.0857. The summed E-state index contributed by atoms with van der Waals surface area (Å²) in [7, 11) is -4.76. The second kappa shape index (κ2) is 9.04. The van der Waals surface area contributed by atoms with Crippen LogP contribution in [0.4, 0.5) is 23.2 Å². The maximum absolute atomic E-state index is 14.5. The molecular weight excluding hydrogens is 558 g/mol. The fourth-order valence-corrected chi connectivity index (χ4v) is 4.77. The summed E-state index contributed by atoms with van der Waals surface area (Å²) in [6.07, 6.45) is -3.50. The second-order valence-corrected chi connectivity index (χ2v) is 10.2. The zero-order chi connectivity index (χ0) is 25.5. The summed E-state index contributed by atoms with van der Waals surface area (Å²) in [6, 6.07) is 11.0. The monoisotopic (exact) mass is 573 g/mol. The predicted molar refractivity (Wildman–Crippen MR) is 124 cm³/mol. The molecule has 35 heavy (non-hydrogen) atoms. The number of sulfonamides is 1. The molecule has 2 aromatic rings. The Bertz CT molecular complexity index is 1490. The van der Waals surface area contributed by atoms with E-state index in [1.165, 1.54) is 36.5 Å². The number of pyridine rings is 1. The third kappa shape index (κ3) is 5.51. The molecule has 0 fully saturated rings. The Kier molecular flexibility index (Phi) is 6.40. The highest BCUT2D eigenvalue weighted by Crippen LogP contribution is 2.42. The van der Waals surface area contributed by atoms with E-state index in [0.29, 0.717) is 21.3 Å². The molecule has 2 aromatic carbocycles. The summed E-state index contributed by atoms with van der Waals surface area (Å²) in [5, 5.41) is 10.3. The average Bonchev–Trinajstić information content (AvgIpc) is 3.22. The summed E-state index contributed by atoms with van der Waals surface area (Å²) in [5.41, 5.74) is 1.27. The highest BCUT2D eigenvalue weighted by molar-refractivity contribution is 9.10. The lowest BCUT2D eigenvalue weighted by molar-refractivity contribution is -0.106. The van der Waals surface area contributed by atoms with Crippen molar-refractivity contribution in [1.29, 1.82) is 0 Å². The van der Waals surface area contributed by atoms with Gasteiger partial charge in [0, 0.05) is 27.5 Å². The van der Waals surface area contributed by atoms with Gasteiger partial charge in [-0.2, -0.15) is 17.9 Å². The zero-order valence-electron chi connectivity index (χ0n) is 17.8. The molecule has 4 rings (SSSR count). The number of alkyl halides is 3. The zero-order valence-corrected chi connectivity index (χ0v) is 20.2. The minimum atomic E-state index is -4.94. The van der Waals surface area contributed by atoms with Crippen molar-refractivity contribution in [2.75, 3.05) is 10.5 Å². The lowest BCUT2D eigenvalue weighted by atomic mass is 9.98. The molecule has 13 heteroatoms. The van der Waals surface area contributed by atoms with Crippen LogP contribution >= 0.6 is 15.9 Å². The number of nitrogens with one attached hydrogen (secondary N) is 1. The minimum Gasteiger partial charge on any atom is -0.454 e. The van der Waals surface area contributed by atoms with Gasteiger partial charge in [0.2, 0.25) is 10.0 Å². The van der Waals surface area contributed by atoms with Crippen LogP contribution in [0.15, 0.2) is 59.2 Å². The van der Waals surface area contributed by atoms with E-state index < -0.39 is 27.8 Å². The lowest BCUT2D eigenvalue weighted by Crippen LogP contribution is -2.27. The molecule has 0 saturated heterocycles. The first-order valence-corrected chi connectivity index (χ1v) is 12.3. The molecular formula is C22H16BrF4N3O4S. The Hall–Kier alpha value is -3.32. The Morgan fingerprint density at radius 1 is 1.06 bits per heavy atom. The van der Waals surface area contributed by atoms with E-state index in [2.05, 4.69) is 20.9 Å². The number of hydrogen-bond donors (Lipinski definition) is 2. The van der Waals surface area contributed by atoms with E-state index in [4.69, 9.17) is 4.74 Å². The number of ether oxygens (including phenoxy) is 1. The van der Waals surface area contributed by atoms with E-state index in [-0.39, 0.29) is 28.6 Å². The Morgan fingerprint density at radius 2 is 1.77 bits per heavy atom. The second-order valence-electron chi connectivity index (χ2n) is 7.56. The maximum Gasteiger partial charge on any atom is 0.404 e. The van der Waals surface area contributed by atoms with Crippen molar-refractivity contribution in [3.05, 3.63) is 70.7 Å². The number of anilines is 1. The fraction of sp³-hybridized carbons (Fsp3) is 0.136. The number of hydrogen-bond acceptors (Lipinski definition) is 5. The van der Waals surface area contributed by atoms with Gasteiger partial charge in [0.25, 0.3) is 0 Å². The Morgan fingerprint density at radius 3 is 2.46 bits per heavy atom. The lowest BCUT2D eigenvalue weighted by Gasteiger charge is -2.18. The SMILES string of the molecule is Cc1cc(-c2cc(NS(=O)(=O)CC(F)(F)F)ccc2Oc2ccc(Br)cc2F)c2ccnc-2n1O. The molecule has 0 atom stereocenters. The van der Waals surface area contributed by atoms with Gasteiger partial charge in [0.15, 0.2) is 23.1 Å². The molecule has 2 aliphatic heterocycles. The molecule has 184 valence electrons. The van der Waals surface area contributed by atoms with Crippen molar-refractivity contribution in [1.82, 2.24) is 9.71 Å². The van der Waals surface area contributed by atoms with Gasteiger partial charge in [-0.3, -0.25) is 4.72 Å². The van der Waals surface area contributed by atoms with Crippen LogP contribution < -0.4 is 9.46 Å². The van der Waals surface area contributed by atoms with Crippen molar-refractivity contribution in [2.45, 2.75) is 13.1 Å². The molecule has 0 amide bonds. The van der Waals surface area contributed by atoms with Crippen LogP contribution in [-0.2, 0) is 10.0 Å². The molecule has 2 N–H and O–H groups in total. The number of benzene rings is 2. The molecule has 0 aromatic heterocycles. The van der Waals surface area contributed by atoms with Crippen LogP contribution in [-0.4, -0.2) is 35.3 Å². The van der Waals surface area contributed by atoms with E-state index in [9.17, 15) is 31.2 Å². The number of aromatic nitrogens is 2. The topological polar surface area (TPSA) is 93.5 Å². The van der Waals surface area contributed by atoms with Crippen molar-refractivity contribution in [2.24, 2.45) is 0 Å². The van der Waals surface area contributed by atoms with Gasteiger partial charge < -0.3 is 9.94 Å². The molecule has 7 nitrogen and oxygen atoms in total. The molecule has 0 unspecified atom stereocenters. The Labute approximate surface area is 205 Å². The molecule has 0 spiro atoms. The van der Waals surface area contributed by atoms with Gasteiger partial charge in [0.1, 0.15) is 5.75 Å². The highest BCUT2D eigenvalue weighted by Gasteiger charge is 2.35. The number of halogens is 5. The molecule has 0 bridgehead atoms. The first kappa shape index (κ1) is 24.8. The quantitative estimate of drug-likeness (QED) is 0.211. The summed E-state index contributed by atoms with van der Waals surface area (Å²) >= 11 is 3.15. The number of nitrogens with zero attached hydrogens (tertiary/aromatic N) is 2. The van der Waals surface area contributed by atoms with Crippen LogP contribution in [0.1, 0.15) is 5.69 Å². The van der Waals surface area contributed by atoms with E-state index in [1.54, 1.807) is 25.1 Å². The van der Waals surface area contributed by atoms with Crippen LogP contribution in [0, 0.1) is 12.7 Å². The third-order valence-electron chi connectivity index (χ3n) is 4.87.